The molecule has 2 aromatic heterocycles. The Morgan fingerprint density at radius 1 is 1.10 bits per heavy atom. The quantitative estimate of drug-likeness (QED) is 0.695. The van der Waals surface area contributed by atoms with Gasteiger partial charge in [-0.3, -0.25) is 0 Å². The Morgan fingerprint density at radius 2 is 1.90 bits per heavy atom. The fourth-order valence-corrected chi connectivity index (χ4v) is 3.68. The molecule has 0 amide bonds. The Morgan fingerprint density at radius 3 is 2.59 bits per heavy atom. The van der Waals surface area contributed by atoms with Crippen molar-refractivity contribution in [2.45, 2.75) is 6.42 Å². The lowest BCUT2D eigenvalue weighted by molar-refractivity contribution is 0.340. The molecule has 8 nitrogen and oxygen atoms in total. The summed E-state index contributed by atoms with van der Waals surface area (Å²) in [4.78, 5) is 17.3. The minimum absolute atomic E-state index is 0.284. The average Bonchev–Trinajstić information content (AvgIpc) is 3.38. The third kappa shape index (κ3) is 4.52. The first-order valence-electron chi connectivity index (χ1n) is 9.64. The molecule has 0 radical (unpaired) electrons. The second-order valence-electron chi connectivity index (χ2n) is 7.57. The van der Waals surface area contributed by atoms with E-state index in [2.05, 4.69) is 68.4 Å². The Bertz CT molecular complexity index is 985. The number of hydrogen-bond donors (Lipinski definition) is 1. The number of nitriles is 1. The molecule has 4 rings (SSSR count). The van der Waals surface area contributed by atoms with Crippen LogP contribution in [0.5, 0.6) is 0 Å². The first-order chi connectivity index (χ1) is 14.1. The summed E-state index contributed by atoms with van der Waals surface area (Å²) in [5, 5.41) is 11.9. The van der Waals surface area contributed by atoms with Gasteiger partial charge in [0.25, 0.3) is 0 Å². The lowest BCUT2D eigenvalue weighted by atomic mass is 10.1. The minimum Gasteiger partial charge on any atom is -0.371 e. The molecule has 3 aromatic rings. The van der Waals surface area contributed by atoms with E-state index in [1.807, 2.05) is 16.8 Å². The van der Waals surface area contributed by atoms with E-state index in [0.717, 1.165) is 31.2 Å². The predicted octanol–water partition coefficient (Wildman–Crippen LogP) is 2.67. The number of anilines is 3. The fourth-order valence-electron chi connectivity index (χ4n) is 3.68. The van der Waals surface area contributed by atoms with E-state index in [9.17, 15) is 0 Å². The van der Waals surface area contributed by atoms with Gasteiger partial charge in [-0.15, -0.1) is 0 Å². The Balaban J connectivity index is 1.40. The number of rotatable bonds is 6. The van der Waals surface area contributed by atoms with Crippen molar-refractivity contribution in [1.29, 1.82) is 5.26 Å². The number of hydrogen-bond acceptors (Lipinski definition) is 7. The number of nitrogens with zero attached hydrogens (tertiary/aromatic N) is 7. The summed E-state index contributed by atoms with van der Waals surface area (Å²) in [6.07, 6.45) is 7.86. The second kappa shape index (κ2) is 8.29. The number of benzene rings is 1. The molecule has 0 bridgehead atoms. The summed E-state index contributed by atoms with van der Waals surface area (Å²) in [7, 11) is 4.28. The van der Waals surface area contributed by atoms with Crippen LogP contribution in [-0.2, 0) is 0 Å². The molecule has 1 N–H and O–H groups in total. The zero-order valence-electron chi connectivity index (χ0n) is 16.7. The Labute approximate surface area is 170 Å². The van der Waals surface area contributed by atoms with Crippen molar-refractivity contribution in [2.24, 2.45) is 5.92 Å². The van der Waals surface area contributed by atoms with Crippen LogP contribution < -0.4 is 10.2 Å². The summed E-state index contributed by atoms with van der Waals surface area (Å²) in [5.41, 5.74) is 2.60. The smallest absolute Gasteiger partial charge is 0.158 e. The van der Waals surface area contributed by atoms with Crippen LogP contribution in [0.15, 0.2) is 49.2 Å². The van der Waals surface area contributed by atoms with Crippen LogP contribution >= 0.6 is 0 Å². The van der Waals surface area contributed by atoms with Crippen LogP contribution in [0.2, 0.25) is 0 Å². The van der Waals surface area contributed by atoms with Crippen molar-refractivity contribution < 1.29 is 0 Å². The molecule has 148 valence electrons. The molecule has 3 heterocycles. The van der Waals surface area contributed by atoms with Crippen LogP contribution in [0.25, 0.3) is 5.69 Å². The molecule has 1 saturated heterocycles. The van der Waals surface area contributed by atoms with E-state index in [1.165, 1.54) is 24.5 Å². The van der Waals surface area contributed by atoms with Crippen molar-refractivity contribution in [1.82, 2.24) is 24.4 Å². The molecule has 29 heavy (non-hydrogen) atoms. The van der Waals surface area contributed by atoms with E-state index in [4.69, 9.17) is 5.26 Å². The van der Waals surface area contributed by atoms with Crippen LogP contribution in [0.3, 0.4) is 0 Å². The number of imidazole rings is 1. The van der Waals surface area contributed by atoms with Crippen molar-refractivity contribution in [3.63, 3.8) is 0 Å². The number of aromatic nitrogens is 4. The van der Waals surface area contributed by atoms with Crippen molar-refractivity contribution in [2.75, 3.05) is 43.9 Å². The molecular formula is C21H24N8. The van der Waals surface area contributed by atoms with E-state index in [0.29, 0.717) is 11.6 Å². The molecule has 0 saturated carbocycles. The Kier molecular flexibility index (Phi) is 5.40. The standard InChI is InChI=1S/C21H24N8/c1-27(2)12-16-7-8-28(13-16)18-3-5-19(6-4-18)29-14-21(25-15-29)26-20-11-23-17(9-22)10-24-20/h3-6,10-11,14-16H,7-8,12-13H2,1-2H3,(H,24,26). The summed E-state index contributed by atoms with van der Waals surface area (Å²) in [6.45, 7) is 3.37. The maximum absolute atomic E-state index is 8.79. The SMILES string of the molecule is CN(C)CC1CCN(c2ccc(-n3cnc(Nc4cnc(C#N)cn4)c3)cc2)C1. The summed E-state index contributed by atoms with van der Waals surface area (Å²) in [5.74, 6) is 1.95. The highest BCUT2D eigenvalue weighted by Crippen LogP contribution is 2.25. The molecule has 8 heteroatoms. The van der Waals surface area contributed by atoms with E-state index >= 15 is 0 Å². The molecule has 1 atom stereocenters. The van der Waals surface area contributed by atoms with Crippen LogP contribution in [0.4, 0.5) is 17.3 Å². The van der Waals surface area contributed by atoms with Gasteiger partial charge in [0.1, 0.15) is 24.0 Å². The highest BCUT2D eigenvalue weighted by atomic mass is 15.2. The Hall–Kier alpha value is -3.44. The highest BCUT2D eigenvalue weighted by molar-refractivity contribution is 5.54. The lowest BCUT2D eigenvalue weighted by Crippen LogP contribution is -2.25. The van der Waals surface area contributed by atoms with Crippen molar-refractivity contribution in [3.05, 3.63) is 54.9 Å². The third-order valence-corrected chi connectivity index (χ3v) is 5.03. The summed E-state index contributed by atoms with van der Waals surface area (Å²) >= 11 is 0. The third-order valence-electron chi connectivity index (χ3n) is 5.03. The molecule has 1 aliphatic heterocycles. The molecule has 1 unspecified atom stereocenters. The minimum atomic E-state index is 0.284. The van der Waals surface area contributed by atoms with Gasteiger partial charge in [-0.05, 0) is 50.7 Å². The predicted molar refractivity (Wildman–Crippen MR) is 112 cm³/mol. The zero-order valence-corrected chi connectivity index (χ0v) is 16.7. The molecular weight excluding hydrogens is 364 g/mol. The normalized spacial score (nSPS) is 16.2. The van der Waals surface area contributed by atoms with Gasteiger partial charge in [-0.1, -0.05) is 0 Å². The van der Waals surface area contributed by atoms with Crippen molar-refractivity contribution >= 4 is 17.3 Å². The van der Waals surface area contributed by atoms with Crippen LogP contribution in [0.1, 0.15) is 12.1 Å². The van der Waals surface area contributed by atoms with E-state index in [-0.39, 0.29) is 5.69 Å². The molecule has 1 fully saturated rings. The first kappa shape index (κ1) is 18.9. The molecule has 1 aliphatic rings. The molecule has 1 aromatic carbocycles. The summed E-state index contributed by atoms with van der Waals surface area (Å²) in [6, 6.07) is 10.5. The van der Waals surface area contributed by atoms with Gasteiger partial charge in [-0.25, -0.2) is 15.0 Å². The monoisotopic (exact) mass is 388 g/mol. The van der Waals surface area contributed by atoms with Gasteiger partial charge in [0.2, 0.25) is 0 Å². The highest BCUT2D eigenvalue weighted by Gasteiger charge is 2.23. The maximum atomic E-state index is 8.79. The van der Waals surface area contributed by atoms with Gasteiger partial charge in [0.15, 0.2) is 5.69 Å². The second-order valence-corrected chi connectivity index (χ2v) is 7.57. The topological polar surface area (TPSA) is 85.9 Å². The van der Waals surface area contributed by atoms with Gasteiger partial charge in [0.05, 0.1) is 18.6 Å². The summed E-state index contributed by atoms with van der Waals surface area (Å²) < 4.78 is 1.96. The van der Waals surface area contributed by atoms with E-state index < -0.39 is 0 Å². The molecule has 0 spiro atoms. The zero-order chi connectivity index (χ0) is 20.2. The average molecular weight is 388 g/mol. The molecule has 0 aliphatic carbocycles. The first-order valence-corrected chi connectivity index (χ1v) is 9.64. The van der Waals surface area contributed by atoms with Crippen molar-refractivity contribution in [3.8, 4) is 11.8 Å². The van der Waals surface area contributed by atoms with Gasteiger partial charge in [0, 0.05) is 31.0 Å². The fraction of sp³-hybridized carbons (Fsp3) is 0.333. The maximum Gasteiger partial charge on any atom is 0.158 e. The van der Waals surface area contributed by atoms with Gasteiger partial charge < -0.3 is 19.7 Å². The van der Waals surface area contributed by atoms with Gasteiger partial charge in [-0.2, -0.15) is 5.26 Å². The van der Waals surface area contributed by atoms with Crippen LogP contribution in [0, 0.1) is 17.2 Å². The van der Waals surface area contributed by atoms with Crippen LogP contribution in [-0.4, -0.2) is 58.1 Å². The largest absolute Gasteiger partial charge is 0.371 e. The van der Waals surface area contributed by atoms with Gasteiger partial charge >= 0.3 is 0 Å². The lowest BCUT2D eigenvalue weighted by Gasteiger charge is -2.20. The van der Waals surface area contributed by atoms with E-state index in [1.54, 1.807) is 6.33 Å². The number of nitrogens with one attached hydrogen (secondary N) is 1.